The lowest BCUT2D eigenvalue weighted by atomic mass is 10.2. The molecule has 0 radical (unpaired) electrons. The second-order valence-electron chi connectivity index (χ2n) is 7.50. The number of nitrogens with zero attached hydrogens (tertiary/aromatic N) is 2. The number of anilines is 4. The van der Waals surface area contributed by atoms with Crippen molar-refractivity contribution in [3.05, 3.63) is 48.5 Å². The second kappa shape index (κ2) is 11.1. The number of benzene rings is 2. The molecule has 0 spiro atoms. The van der Waals surface area contributed by atoms with E-state index in [0.717, 1.165) is 38.1 Å². The molecule has 2 aromatic rings. The summed E-state index contributed by atoms with van der Waals surface area (Å²) >= 11 is 0. The van der Waals surface area contributed by atoms with Crippen molar-refractivity contribution in [2.75, 3.05) is 19.2 Å². The average Bonchev–Trinajstić information content (AvgIpc) is 2.79. The molecule has 2 rings (SSSR count). The summed E-state index contributed by atoms with van der Waals surface area (Å²) in [6, 6.07) is 5.12. The number of carbonyl (C=O) groups is 4. The van der Waals surface area contributed by atoms with Gasteiger partial charge in [-0.15, -0.1) is 0 Å². The fourth-order valence-electron chi connectivity index (χ4n) is 2.88. The third kappa shape index (κ3) is 6.68. The molecular weight excluding hydrogens is 602 g/mol. The number of rotatable bonds is 6. The molecule has 0 aromatic heterocycles. The Morgan fingerprint density at radius 3 is 1.02 bits per heavy atom. The molecule has 4 amide bonds. The Hall–Kier alpha value is -4.20. The third-order valence-corrected chi connectivity index (χ3v) is 7.35. The summed E-state index contributed by atoms with van der Waals surface area (Å²) in [6.45, 7) is 2.07. The van der Waals surface area contributed by atoms with Crippen molar-refractivity contribution in [2.45, 2.75) is 24.9 Å². The monoisotopic (exact) mass is 618 g/mol. The highest BCUT2D eigenvalue weighted by atomic mass is 32.2. The number of sulfonamides is 2. The summed E-state index contributed by atoms with van der Waals surface area (Å²) in [5, 5.41) is 4.33. The van der Waals surface area contributed by atoms with Gasteiger partial charge in [0.05, 0.1) is 11.4 Å². The first-order valence-electron chi connectivity index (χ1n) is 10.2. The van der Waals surface area contributed by atoms with Gasteiger partial charge < -0.3 is 10.6 Å². The maximum absolute atomic E-state index is 13.4. The molecule has 0 saturated carbocycles. The highest BCUT2D eigenvalue weighted by Crippen LogP contribution is 2.35. The van der Waals surface area contributed by atoms with Crippen LogP contribution in [0.3, 0.4) is 0 Å². The van der Waals surface area contributed by atoms with Gasteiger partial charge in [-0.25, -0.2) is 0 Å². The van der Waals surface area contributed by atoms with Crippen molar-refractivity contribution in [3.63, 3.8) is 0 Å². The first-order valence-corrected chi connectivity index (χ1v) is 13.1. The number of hydrogen-bond acceptors (Lipinski definition) is 8. The van der Waals surface area contributed by atoms with Gasteiger partial charge in [-0.2, -0.15) is 51.8 Å². The smallest absolute Gasteiger partial charge is 0.326 e. The molecule has 2 N–H and O–H groups in total. The minimum absolute atomic E-state index is 0.125. The van der Waals surface area contributed by atoms with Crippen LogP contribution in [0, 0.1) is 0 Å². The topological polar surface area (TPSA) is 167 Å². The zero-order chi connectivity index (χ0) is 30.8. The molecule has 0 aliphatic carbocycles. The number of amides is 4. The predicted octanol–water partition coefficient (Wildman–Crippen LogP) is 2.67. The highest BCUT2D eigenvalue weighted by Gasteiger charge is 2.58. The van der Waals surface area contributed by atoms with Crippen molar-refractivity contribution in [1.82, 2.24) is 0 Å². The largest absolute Gasteiger partial charge is 0.517 e. The number of hydrogen-bond donors (Lipinski definition) is 2. The van der Waals surface area contributed by atoms with Gasteiger partial charge in [0, 0.05) is 25.2 Å². The number of nitrogens with one attached hydrogen (secondary N) is 2. The first kappa shape index (κ1) is 32.0. The molecule has 0 fully saturated rings. The van der Waals surface area contributed by atoms with Crippen molar-refractivity contribution >= 4 is 66.4 Å². The normalized spacial score (nSPS) is 12.3. The lowest BCUT2D eigenvalue weighted by molar-refractivity contribution is -0.135. The molecule has 0 bridgehead atoms. The van der Waals surface area contributed by atoms with Crippen LogP contribution in [0.5, 0.6) is 0 Å². The Bertz CT molecular complexity index is 1420. The predicted molar refractivity (Wildman–Crippen MR) is 126 cm³/mol. The molecule has 0 saturated heterocycles. The second-order valence-corrected chi connectivity index (χ2v) is 11.1. The maximum Gasteiger partial charge on any atom is 0.517 e. The fraction of sp³-hybridized carbons (Fsp3) is 0.200. The Balaban J connectivity index is 2.75. The van der Waals surface area contributed by atoms with Crippen LogP contribution in [0.2, 0.25) is 0 Å². The molecule has 20 heteroatoms. The SMILES string of the molecule is CC(=O)Nc1ccc(N(C(=O)C(=O)N(c2ccc(NC(C)=O)cc2)S(=O)(=O)C(F)(F)F)S(=O)(=O)C(F)(F)F)cc1. The Morgan fingerprint density at radius 2 is 0.825 bits per heavy atom. The van der Waals surface area contributed by atoms with E-state index in [0.29, 0.717) is 24.3 Å². The molecule has 12 nitrogen and oxygen atoms in total. The van der Waals surface area contributed by atoms with Gasteiger partial charge in [-0.05, 0) is 48.5 Å². The fourth-order valence-corrected chi connectivity index (χ4v) is 4.68. The molecule has 0 atom stereocenters. The molecule has 40 heavy (non-hydrogen) atoms. The molecule has 0 aliphatic heterocycles. The van der Waals surface area contributed by atoms with E-state index in [2.05, 4.69) is 10.6 Å². The quantitative estimate of drug-likeness (QED) is 0.368. The van der Waals surface area contributed by atoms with Crippen LogP contribution >= 0.6 is 0 Å². The van der Waals surface area contributed by atoms with E-state index < -0.39 is 74.7 Å². The van der Waals surface area contributed by atoms with E-state index in [4.69, 9.17) is 0 Å². The van der Waals surface area contributed by atoms with Gasteiger partial charge in [0.1, 0.15) is 0 Å². The van der Waals surface area contributed by atoms with E-state index in [9.17, 15) is 62.4 Å². The van der Waals surface area contributed by atoms with Crippen molar-refractivity contribution in [3.8, 4) is 0 Å². The number of alkyl halides is 6. The molecule has 0 unspecified atom stereocenters. The summed E-state index contributed by atoms with van der Waals surface area (Å²) in [6.07, 6.45) is 0. The Morgan fingerprint density at radius 1 is 0.575 bits per heavy atom. The average molecular weight is 618 g/mol. The summed E-state index contributed by atoms with van der Waals surface area (Å²) in [4.78, 5) is 48.1. The van der Waals surface area contributed by atoms with E-state index in [1.54, 1.807) is 0 Å². The van der Waals surface area contributed by atoms with Crippen LogP contribution < -0.4 is 19.2 Å². The Labute approximate surface area is 221 Å². The van der Waals surface area contributed by atoms with Crippen LogP contribution in [0.1, 0.15) is 13.8 Å². The van der Waals surface area contributed by atoms with Crippen LogP contribution in [-0.4, -0.2) is 51.5 Å². The zero-order valence-electron chi connectivity index (χ0n) is 19.9. The van der Waals surface area contributed by atoms with Crippen LogP contribution in [0.25, 0.3) is 0 Å². The van der Waals surface area contributed by atoms with Crippen LogP contribution in [-0.2, 0) is 39.2 Å². The summed E-state index contributed by atoms with van der Waals surface area (Å²) in [5.41, 5.74) is -15.3. The van der Waals surface area contributed by atoms with Crippen LogP contribution in [0.4, 0.5) is 49.1 Å². The van der Waals surface area contributed by atoms with Crippen molar-refractivity contribution in [1.29, 1.82) is 0 Å². The highest BCUT2D eigenvalue weighted by molar-refractivity contribution is 7.95. The van der Waals surface area contributed by atoms with Crippen molar-refractivity contribution < 1.29 is 62.4 Å². The third-order valence-electron chi connectivity index (χ3n) is 4.46. The van der Waals surface area contributed by atoms with Gasteiger partial charge in [0.2, 0.25) is 11.8 Å². The number of carbonyl (C=O) groups excluding carboxylic acids is 4. The van der Waals surface area contributed by atoms with Gasteiger partial charge >= 0.3 is 42.9 Å². The zero-order valence-corrected chi connectivity index (χ0v) is 21.5. The minimum atomic E-state index is -6.86. The summed E-state index contributed by atoms with van der Waals surface area (Å²) in [7, 11) is -13.7. The molecular formula is C20H16F6N4O8S2. The molecule has 0 aliphatic rings. The summed E-state index contributed by atoms with van der Waals surface area (Å²) in [5.74, 6) is -7.06. The van der Waals surface area contributed by atoms with Gasteiger partial charge in [-0.3, -0.25) is 19.2 Å². The summed E-state index contributed by atoms with van der Waals surface area (Å²) < 4.78 is 127. The number of halogens is 6. The van der Waals surface area contributed by atoms with E-state index in [1.807, 2.05) is 0 Å². The van der Waals surface area contributed by atoms with E-state index in [1.165, 1.54) is 0 Å². The standard InChI is InChI=1S/C20H16F6N4O8S2/c1-11(31)27-13-3-7-15(8-4-13)29(39(35,36)19(21,22)23)17(33)18(34)30(40(37,38)20(24,25)26)16-9-5-14(6-10-16)28-12(2)32/h3-10H,1-2H3,(H,27,31)(H,28,32). The minimum Gasteiger partial charge on any atom is -0.326 e. The van der Waals surface area contributed by atoms with Gasteiger partial charge in [-0.1, -0.05) is 0 Å². The molecule has 2 aromatic carbocycles. The first-order chi connectivity index (χ1) is 18.1. The van der Waals surface area contributed by atoms with E-state index >= 15 is 0 Å². The lowest BCUT2D eigenvalue weighted by Gasteiger charge is -2.27. The maximum atomic E-state index is 13.4. The molecule has 218 valence electrons. The van der Waals surface area contributed by atoms with Crippen LogP contribution in [0.15, 0.2) is 48.5 Å². The lowest BCUT2D eigenvalue weighted by Crippen LogP contribution is -2.54. The molecule has 0 heterocycles. The van der Waals surface area contributed by atoms with Gasteiger partial charge in [0.25, 0.3) is 0 Å². The van der Waals surface area contributed by atoms with E-state index in [-0.39, 0.29) is 11.4 Å². The Kier molecular flexibility index (Phi) is 8.90. The van der Waals surface area contributed by atoms with Crippen molar-refractivity contribution in [2.24, 2.45) is 0 Å². The van der Waals surface area contributed by atoms with Gasteiger partial charge in [0.15, 0.2) is 0 Å².